The molecule has 1 unspecified atom stereocenters. The third kappa shape index (κ3) is 4.05. The van der Waals surface area contributed by atoms with Gasteiger partial charge >= 0.3 is 5.97 Å². The quantitative estimate of drug-likeness (QED) is 0.413. The van der Waals surface area contributed by atoms with Gasteiger partial charge in [0.1, 0.15) is 6.54 Å². The third-order valence-corrected chi connectivity index (χ3v) is 1.23. The Balaban J connectivity index is 4.14. The van der Waals surface area contributed by atoms with Gasteiger partial charge in [-0.05, 0) is 0 Å². The molecular weight excluding hydrogens is 162 g/mol. The zero-order chi connectivity index (χ0) is 9.94. The maximum atomic E-state index is 10.7. The molecule has 0 fully saturated rings. The zero-order valence-corrected chi connectivity index (χ0v) is 7.44. The number of likely N-dealkylation sites (N-methyl/N-ethyl adjacent to an activating group) is 1. The van der Waals surface area contributed by atoms with E-state index in [-0.39, 0.29) is 6.54 Å². The molecule has 12 heavy (non-hydrogen) atoms. The van der Waals surface area contributed by atoms with Gasteiger partial charge in [0, 0.05) is 0 Å². The van der Waals surface area contributed by atoms with E-state index in [1.807, 2.05) is 0 Å². The lowest BCUT2D eigenvalue weighted by Gasteiger charge is -2.25. The minimum atomic E-state index is -1.59. The molecule has 0 heterocycles. The predicted molar refractivity (Wildman–Crippen MR) is 41.5 cm³/mol. The van der Waals surface area contributed by atoms with E-state index in [2.05, 4.69) is 0 Å². The largest absolute Gasteiger partial charge is 0.475 e. The van der Waals surface area contributed by atoms with E-state index in [9.17, 15) is 9.59 Å². The molecule has 70 valence electrons. The van der Waals surface area contributed by atoms with E-state index in [1.165, 1.54) is 0 Å². The number of hydrogen-bond acceptors (Lipinski definition) is 3. The van der Waals surface area contributed by atoms with Crippen molar-refractivity contribution >= 4 is 11.8 Å². The highest BCUT2D eigenvalue weighted by Crippen LogP contribution is 1.96. The smallest absolute Gasteiger partial charge is 0.375 e. The van der Waals surface area contributed by atoms with Crippen molar-refractivity contribution in [3.63, 3.8) is 0 Å². The average Bonchev–Trinajstić information content (AvgIpc) is 1.82. The number of carboxylic acids is 1. The topological polar surface area (TPSA) is 74.6 Å². The van der Waals surface area contributed by atoms with Gasteiger partial charge in [-0.25, -0.2) is 4.79 Å². The van der Waals surface area contributed by atoms with E-state index >= 15 is 0 Å². The van der Waals surface area contributed by atoms with Crippen molar-refractivity contribution in [1.82, 2.24) is 0 Å². The standard InChI is InChI=1S/C7H13NO4/c1-8(2,3)4-5(9)6(10)7(11)12/h5,9H,4H2,1-3H3/p+1. The summed E-state index contributed by atoms with van der Waals surface area (Å²) in [4.78, 5) is 20.8. The molecule has 1 atom stereocenters. The monoisotopic (exact) mass is 176 g/mol. The maximum Gasteiger partial charge on any atom is 0.375 e. The van der Waals surface area contributed by atoms with Crippen molar-refractivity contribution in [3.8, 4) is 0 Å². The van der Waals surface area contributed by atoms with Gasteiger partial charge in [-0.3, -0.25) is 4.79 Å². The Morgan fingerprint density at radius 1 is 1.33 bits per heavy atom. The number of carbonyl (C=O) groups excluding carboxylic acids is 1. The summed E-state index contributed by atoms with van der Waals surface area (Å²) in [5, 5.41) is 17.3. The number of carboxylic acid groups (broad SMARTS) is 1. The summed E-state index contributed by atoms with van der Waals surface area (Å²) in [6.45, 7) is 0.102. The van der Waals surface area contributed by atoms with E-state index in [0.29, 0.717) is 4.48 Å². The molecule has 0 radical (unpaired) electrons. The average molecular weight is 176 g/mol. The molecule has 0 aliphatic carbocycles. The van der Waals surface area contributed by atoms with Crippen LogP contribution in [0.3, 0.4) is 0 Å². The summed E-state index contributed by atoms with van der Waals surface area (Å²) in [6, 6.07) is 0. The molecule has 0 spiro atoms. The molecule has 0 aliphatic rings. The molecular formula is C7H14NO4+. The number of carbonyl (C=O) groups is 2. The summed E-state index contributed by atoms with van der Waals surface area (Å²) in [5.41, 5.74) is 0. The van der Waals surface area contributed by atoms with Crippen LogP contribution in [0.5, 0.6) is 0 Å². The summed E-state index contributed by atoms with van der Waals surface area (Å²) in [7, 11) is 5.29. The lowest BCUT2D eigenvalue weighted by Crippen LogP contribution is -2.46. The summed E-state index contributed by atoms with van der Waals surface area (Å²) < 4.78 is 0.347. The number of Topliss-reactive ketones (excluding diaryl/α,β-unsaturated/α-hetero) is 1. The van der Waals surface area contributed by atoms with Crippen LogP contribution in [0.4, 0.5) is 0 Å². The molecule has 0 aromatic rings. The summed E-state index contributed by atoms with van der Waals surface area (Å²) in [6.07, 6.45) is -1.41. The number of ketones is 1. The van der Waals surface area contributed by atoms with Crippen LogP contribution in [-0.4, -0.2) is 60.2 Å². The molecule has 0 saturated carbocycles. The molecule has 0 rings (SSSR count). The van der Waals surface area contributed by atoms with Crippen LogP contribution in [0, 0.1) is 0 Å². The minimum Gasteiger partial charge on any atom is -0.475 e. The van der Waals surface area contributed by atoms with Crippen LogP contribution in [0.1, 0.15) is 0 Å². The molecule has 5 heteroatoms. The summed E-state index contributed by atoms with van der Waals surface area (Å²) in [5.74, 6) is -2.74. The van der Waals surface area contributed by atoms with Gasteiger partial charge in [-0.2, -0.15) is 0 Å². The fourth-order valence-electron chi connectivity index (χ4n) is 0.744. The first-order chi connectivity index (χ1) is 5.24. The van der Waals surface area contributed by atoms with Gasteiger partial charge in [0.2, 0.25) is 0 Å². The Morgan fingerprint density at radius 2 is 1.75 bits per heavy atom. The summed E-state index contributed by atoms with van der Waals surface area (Å²) >= 11 is 0. The number of hydrogen-bond donors (Lipinski definition) is 2. The SMILES string of the molecule is C[N+](C)(C)CC(O)C(=O)C(=O)O. The Bertz CT molecular complexity index is 194. The van der Waals surface area contributed by atoms with Crippen LogP contribution >= 0.6 is 0 Å². The molecule has 2 N–H and O–H groups in total. The molecule has 5 nitrogen and oxygen atoms in total. The molecule has 0 amide bonds. The molecule has 0 bridgehead atoms. The first-order valence-corrected chi connectivity index (χ1v) is 3.49. The minimum absolute atomic E-state index is 0.102. The number of aliphatic carboxylic acids is 1. The highest BCUT2D eigenvalue weighted by atomic mass is 16.4. The first kappa shape index (κ1) is 11.1. The molecule has 0 aliphatic heterocycles. The van der Waals surface area contributed by atoms with E-state index in [0.717, 1.165) is 0 Å². The van der Waals surface area contributed by atoms with Gasteiger partial charge in [0.25, 0.3) is 5.78 Å². The Morgan fingerprint density at radius 3 is 2.00 bits per heavy atom. The number of rotatable bonds is 4. The van der Waals surface area contributed by atoms with Gasteiger partial charge < -0.3 is 14.7 Å². The Kier molecular flexibility index (Phi) is 3.36. The van der Waals surface area contributed by atoms with Crippen LogP contribution < -0.4 is 0 Å². The van der Waals surface area contributed by atoms with Crippen LogP contribution in [-0.2, 0) is 9.59 Å². The van der Waals surface area contributed by atoms with Crippen molar-refractivity contribution in [2.24, 2.45) is 0 Å². The molecule has 0 aromatic heterocycles. The van der Waals surface area contributed by atoms with Crippen LogP contribution in [0.25, 0.3) is 0 Å². The predicted octanol–water partition coefficient (Wildman–Crippen LogP) is -1.29. The second kappa shape index (κ2) is 3.64. The van der Waals surface area contributed by atoms with Crippen LogP contribution in [0.15, 0.2) is 0 Å². The van der Waals surface area contributed by atoms with Crippen molar-refractivity contribution in [3.05, 3.63) is 0 Å². The fourth-order valence-corrected chi connectivity index (χ4v) is 0.744. The van der Waals surface area contributed by atoms with Crippen molar-refractivity contribution in [2.75, 3.05) is 27.7 Å². The van der Waals surface area contributed by atoms with Crippen LogP contribution in [0.2, 0.25) is 0 Å². The van der Waals surface area contributed by atoms with E-state index in [4.69, 9.17) is 10.2 Å². The van der Waals surface area contributed by atoms with Gasteiger partial charge in [-0.15, -0.1) is 0 Å². The first-order valence-electron chi connectivity index (χ1n) is 3.49. The van der Waals surface area contributed by atoms with Gasteiger partial charge in [-0.1, -0.05) is 0 Å². The second-order valence-electron chi connectivity index (χ2n) is 3.66. The van der Waals surface area contributed by atoms with Gasteiger partial charge in [0.15, 0.2) is 6.10 Å². The number of nitrogens with zero attached hydrogens (tertiary/aromatic N) is 1. The number of quaternary nitrogens is 1. The highest BCUT2D eigenvalue weighted by Gasteiger charge is 2.27. The van der Waals surface area contributed by atoms with Gasteiger partial charge in [0.05, 0.1) is 21.1 Å². The number of aliphatic hydroxyl groups is 1. The zero-order valence-electron chi connectivity index (χ0n) is 7.44. The molecule has 0 saturated heterocycles. The van der Waals surface area contributed by atoms with Crippen molar-refractivity contribution in [2.45, 2.75) is 6.10 Å². The van der Waals surface area contributed by atoms with Crippen molar-refractivity contribution < 1.29 is 24.3 Å². The van der Waals surface area contributed by atoms with Crippen molar-refractivity contribution in [1.29, 1.82) is 0 Å². The third-order valence-electron chi connectivity index (χ3n) is 1.23. The lowest BCUT2D eigenvalue weighted by atomic mass is 10.2. The van der Waals surface area contributed by atoms with E-state index < -0.39 is 17.9 Å². The Labute approximate surface area is 70.8 Å². The second-order valence-corrected chi connectivity index (χ2v) is 3.66. The maximum absolute atomic E-state index is 10.7. The molecule has 0 aromatic carbocycles. The lowest BCUT2D eigenvalue weighted by molar-refractivity contribution is -0.872. The highest BCUT2D eigenvalue weighted by molar-refractivity contribution is 6.34. The number of aliphatic hydroxyl groups excluding tert-OH is 1. The Hall–Kier alpha value is -0.940. The normalized spacial score (nSPS) is 14.0. The van der Waals surface area contributed by atoms with E-state index in [1.54, 1.807) is 21.1 Å². The fraction of sp³-hybridized carbons (Fsp3) is 0.714.